The molecule has 1 heterocycles. The van der Waals surface area contributed by atoms with Crippen LogP contribution in [0.2, 0.25) is 0 Å². The zero-order valence-electron chi connectivity index (χ0n) is 8.54. The van der Waals surface area contributed by atoms with E-state index in [1.165, 1.54) is 12.8 Å². The van der Waals surface area contributed by atoms with Gasteiger partial charge in [-0.2, -0.15) is 0 Å². The van der Waals surface area contributed by atoms with E-state index in [-0.39, 0.29) is 0 Å². The summed E-state index contributed by atoms with van der Waals surface area (Å²) < 4.78 is 0. The Kier molecular flexibility index (Phi) is 5.80. The first-order valence-corrected chi connectivity index (χ1v) is 5.99. The highest BCUT2D eigenvalue weighted by Crippen LogP contribution is 2.07. The van der Waals surface area contributed by atoms with Crippen LogP contribution in [0.5, 0.6) is 0 Å². The zero-order chi connectivity index (χ0) is 10.2. The smallest absolute Gasteiger partial charge is 0.0541 e. The van der Waals surface area contributed by atoms with Gasteiger partial charge in [0, 0.05) is 17.6 Å². The van der Waals surface area contributed by atoms with Gasteiger partial charge in [-0.1, -0.05) is 28.9 Å². The Morgan fingerprint density at radius 2 is 2.36 bits per heavy atom. The lowest BCUT2D eigenvalue weighted by Gasteiger charge is -2.07. The van der Waals surface area contributed by atoms with Crippen LogP contribution in [0.1, 0.15) is 25.5 Å². The number of aromatic nitrogens is 1. The number of rotatable bonds is 6. The molecule has 14 heavy (non-hydrogen) atoms. The van der Waals surface area contributed by atoms with Crippen LogP contribution in [0.15, 0.2) is 24.4 Å². The molecule has 0 saturated heterocycles. The van der Waals surface area contributed by atoms with Crippen LogP contribution in [0.4, 0.5) is 0 Å². The van der Waals surface area contributed by atoms with E-state index in [4.69, 9.17) is 0 Å². The second kappa shape index (κ2) is 6.96. The fourth-order valence-electron chi connectivity index (χ4n) is 1.18. The normalized spacial score (nSPS) is 12.7. The highest BCUT2D eigenvalue weighted by molar-refractivity contribution is 9.09. The highest BCUT2D eigenvalue weighted by Gasteiger charge is 1.99. The molecule has 0 aliphatic heterocycles. The second-order valence-corrected chi connectivity index (χ2v) is 4.59. The minimum Gasteiger partial charge on any atom is -0.311 e. The van der Waals surface area contributed by atoms with E-state index in [0.29, 0.717) is 4.83 Å². The Balaban J connectivity index is 2.10. The molecule has 1 rings (SSSR count). The minimum atomic E-state index is 0.638. The summed E-state index contributed by atoms with van der Waals surface area (Å²) in [5, 5.41) is 3.37. The van der Waals surface area contributed by atoms with E-state index >= 15 is 0 Å². The monoisotopic (exact) mass is 256 g/mol. The lowest BCUT2D eigenvalue weighted by molar-refractivity contribution is 0.623. The van der Waals surface area contributed by atoms with Crippen molar-refractivity contribution in [3.63, 3.8) is 0 Å². The predicted octanol–water partition coefficient (Wildman–Crippen LogP) is 2.73. The molecular formula is C11H17BrN2. The van der Waals surface area contributed by atoms with E-state index < -0.39 is 0 Å². The van der Waals surface area contributed by atoms with Crippen molar-refractivity contribution in [1.29, 1.82) is 0 Å². The third-order valence-corrected chi connectivity index (χ3v) is 3.21. The fourth-order valence-corrected chi connectivity index (χ4v) is 1.41. The molecule has 0 aliphatic carbocycles. The molecule has 0 aliphatic rings. The molecule has 1 unspecified atom stereocenters. The van der Waals surface area contributed by atoms with Gasteiger partial charge in [0.1, 0.15) is 0 Å². The van der Waals surface area contributed by atoms with Gasteiger partial charge in [-0.25, -0.2) is 0 Å². The van der Waals surface area contributed by atoms with E-state index in [2.05, 4.69) is 33.2 Å². The van der Waals surface area contributed by atoms with Crippen LogP contribution in [0.3, 0.4) is 0 Å². The number of hydrogen-bond donors (Lipinski definition) is 1. The summed E-state index contributed by atoms with van der Waals surface area (Å²) in [5.74, 6) is 0. The average Bonchev–Trinajstić information content (AvgIpc) is 2.25. The van der Waals surface area contributed by atoms with Gasteiger partial charge < -0.3 is 5.32 Å². The third-order valence-electron chi connectivity index (χ3n) is 2.11. The van der Waals surface area contributed by atoms with E-state index in [1.807, 2.05) is 24.4 Å². The molecule has 1 aromatic heterocycles. The molecule has 0 radical (unpaired) electrons. The lowest BCUT2D eigenvalue weighted by atomic mass is 10.2. The number of hydrogen-bond acceptors (Lipinski definition) is 2. The summed E-state index contributed by atoms with van der Waals surface area (Å²) in [6, 6.07) is 6.00. The van der Waals surface area contributed by atoms with Gasteiger partial charge in [-0.15, -0.1) is 0 Å². The standard InChI is InChI=1S/C11H17BrN2/c1-2-10(12)6-8-13-9-11-5-3-4-7-14-11/h3-5,7,10,13H,2,6,8-9H2,1H3. The first-order valence-electron chi connectivity index (χ1n) is 5.07. The molecule has 78 valence electrons. The molecule has 0 aromatic carbocycles. The molecule has 1 N–H and O–H groups in total. The van der Waals surface area contributed by atoms with Gasteiger partial charge in [0.15, 0.2) is 0 Å². The largest absolute Gasteiger partial charge is 0.311 e. The van der Waals surface area contributed by atoms with Crippen LogP contribution in [0, 0.1) is 0 Å². The maximum Gasteiger partial charge on any atom is 0.0541 e. The molecular weight excluding hydrogens is 240 g/mol. The number of pyridine rings is 1. The Hall–Kier alpha value is -0.410. The van der Waals surface area contributed by atoms with Crippen molar-refractivity contribution < 1.29 is 0 Å². The fraction of sp³-hybridized carbons (Fsp3) is 0.545. The molecule has 0 saturated carbocycles. The van der Waals surface area contributed by atoms with E-state index in [9.17, 15) is 0 Å². The summed E-state index contributed by atoms with van der Waals surface area (Å²) in [5.41, 5.74) is 1.11. The molecule has 1 atom stereocenters. The molecule has 0 spiro atoms. The Morgan fingerprint density at radius 1 is 1.50 bits per heavy atom. The van der Waals surface area contributed by atoms with Crippen molar-refractivity contribution in [2.45, 2.75) is 31.1 Å². The van der Waals surface area contributed by atoms with E-state index in [0.717, 1.165) is 18.8 Å². The Labute approximate surface area is 94.3 Å². The molecule has 3 heteroatoms. The van der Waals surface area contributed by atoms with Crippen molar-refractivity contribution in [3.05, 3.63) is 30.1 Å². The first kappa shape index (κ1) is 11.7. The first-order chi connectivity index (χ1) is 6.83. The average molecular weight is 257 g/mol. The molecule has 0 fully saturated rings. The van der Waals surface area contributed by atoms with Crippen LogP contribution < -0.4 is 5.32 Å². The van der Waals surface area contributed by atoms with Crippen molar-refractivity contribution in [2.75, 3.05) is 6.54 Å². The summed E-state index contributed by atoms with van der Waals surface area (Å²) in [4.78, 5) is 4.88. The van der Waals surface area contributed by atoms with Gasteiger partial charge in [0.25, 0.3) is 0 Å². The van der Waals surface area contributed by atoms with Crippen LogP contribution >= 0.6 is 15.9 Å². The third kappa shape index (κ3) is 4.72. The number of nitrogens with one attached hydrogen (secondary N) is 1. The topological polar surface area (TPSA) is 24.9 Å². The van der Waals surface area contributed by atoms with Crippen molar-refractivity contribution in [3.8, 4) is 0 Å². The summed E-state index contributed by atoms with van der Waals surface area (Å²) in [7, 11) is 0. The van der Waals surface area contributed by atoms with Crippen LogP contribution in [-0.4, -0.2) is 16.4 Å². The molecule has 1 aromatic rings. The van der Waals surface area contributed by atoms with Crippen molar-refractivity contribution >= 4 is 15.9 Å². The lowest BCUT2D eigenvalue weighted by Crippen LogP contribution is -2.18. The van der Waals surface area contributed by atoms with Gasteiger partial charge in [0.05, 0.1) is 5.69 Å². The molecule has 2 nitrogen and oxygen atoms in total. The van der Waals surface area contributed by atoms with Gasteiger partial charge in [-0.05, 0) is 31.5 Å². The van der Waals surface area contributed by atoms with Gasteiger partial charge >= 0.3 is 0 Å². The van der Waals surface area contributed by atoms with Crippen molar-refractivity contribution in [2.24, 2.45) is 0 Å². The quantitative estimate of drug-likeness (QED) is 0.626. The number of nitrogens with zero attached hydrogens (tertiary/aromatic N) is 1. The summed E-state index contributed by atoms with van der Waals surface area (Å²) >= 11 is 3.61. The highest BCUT2D eigenvalue weighted by atomic mass is 79.9. The number of halogens is 1. The minimum absolute atomic E-state index is 0.638. The molecule has 0 amide bonds. The summed E-state index contributed by atoms with van der Waals surface area (Å²) in [6.07, 6.45) is 4.19. The SMILES string of the molecule is CCC(Br)CCNCc1ccccn1. The Morgan fingerprint density at radius 3 is 3.00 bits per heavy atom. The predicted molar refractivity (Wildman–Crippen MR) is 63.6 cm³/mol. The summed E-state index contributed by atoms with van der Waals surface area (Å²) in [6.45, 7) is 4.10. The van der Waals surface area contributed by atoms with Crippen molar-refractivity contribution in [1.82, 2.24) is 10.3 Å². The maximum atomic E-state index is 4.24. The van der Waals surface area contributed by atoms with Crippen LogP contribution in [0.25, 0.3) is 0 Å². The second-order valence-electron chi connectivity index (χ2n) is 3.29. The Bertz CT molecular complexity index is 238. The maximum absolute atomic E-state index is 4.24. The van der Waals surface area contributed by atoms with Gasteiger partial charge in [-0.3, -0.25) is 4.98 Å². The van der Waals surface area contributed by atoms with Gasteiger partial charge in [0.2, 0.25) is 0 Å². The van der Waals surface area contributed by atoms with E-state index in [1.54, 1.807) is 0 Å². The molecule has 0 bridgehead atoms. The van der Waals surface area contributed by atoms with Crippen LogP contribution in [-0.2, 0) is 6.54 Å². The zero-order valence-corrected chi connectivity index (χ0v) is 10.1. The number of alkyl halides is 1.